The van der Waals surface area contributed by atoms with E-state index < -0.39 is 0 Å². The predicted molar refractivity (Wildman–Crippen MR) is 94.4 cm³/mol. The van der Waals surface area contributed by atoms with Crippen LogP contribution in [0.3, 0.4) is 0 Å². The number of allylic oxidation sites excluding steroid dienone is 1. The maximum Gasteiger partial charge on any atom is 0.234 e. The van der Waals surface area contributed by atoms with Gasteiger partial charge in [-0.05, 0) is 24.3 Å². The Kier molecular flexibility index (Phi) is 6.82. The quantitative estimate of drug-likeness (QED) is 0.548. The zero-order chi connectivity index (χ0) is 16.7. The smallest absolute Gasteiger partial charge is 0.234 e. The highest BCUT2D eigenvalue weighted by atomic mass is 79.9. The Hall–Kier alpha value is -1.64. The predicted octanol–water partition coefficient (Wildman–Crippen LogP) is 3.10. The molecule has 8 heteroatoms. The fraction of sp³-hybridized carbons (Fsp3) is 0.267. The van der Waals surface area contributed by atoms with Crippen molar-refractivity contribution in [3.05, 3.63) is 47.2 Å². The number of nitrogens with zero attached hydrogens (tertiary/aromatic N) is 3. The van der Waals surface area contributed by atoms with Gasteiger partial charge in [0.15, 0.2) is 11.0 Å². The Morgan fingerprint density at radius 3 is 2.83 bits per heavy atom. The number of anilines is 1. The molecule has 0 bridgehead atoms. The van der Waals surface area contributed by atoms with Crippen LogP contribution in [0.25, 0.3) is 0 Å². The molecule has 0 radical (unpaired) electrons. The van der Waals surface area contributed by atoms with Gasteiger partial charge in [-0.1, -0.05) is 33.8 Å². The van der Waals surface area contributed by atoms with Gasteiger partial charge in [-0.3, -0.25) is 4.79 Å². The van der Waals surface area contributed by atoms with E-state index >= 15 is 0 Å². The minimum atomic E-state index is -0.0984. The normalized spacial score (nSPS) is 10.5. The van der Waals surface area contributed by atoms with Crippen LogP contribution >= 0.6 is 27.7 Å². The van der Waals surface area contributed by atoms with Gasteiger partial charge >= 0.3 is 0 Å². The maximum atomic E-state index is 12.0. The van der Waals surface area contributed by atoms with Crippen LogP contribution in [-0.2, 0) is 22.7 Å². The lowest BCUT2D eigenvalue weighted by molar-refractivity contribution is -0.113. The largest absolute Gasteiger partial charge is 0.377 e. The Labute approximate surface area is 147 Å². The fourth-order valence-corrected chi connectivity index (χ4v) is 2.87. The summed E-state index contributed by atoms with van der Waals surface area (Å²) in [5.41, 5.74) is 0.756. The Bertz CT molecular complexity index is 673. The third-order valence-corrected chi connectivity index (χ3v) is 4.33. The first-order chi connectivity index (χ1) is 11.1. The molecule has 1 aromatic heterocycles. The number of nitrogens with one attached hydrogen (secondary N) is 1. The molecule has 0 aliphatic rings. The molecule has 2 aromatic rings. The van der Waals surface area contributed by atoms with Crippen molar-refractivity contribution in [2.24, 2.45) is 0 Å². The average molecular weight is 397 g/mol. The van der Waals surface area contributed by atoms with Crippen molar-refractivity contribution in [3.63, 3.8) is 0 Å². The summed E-state index contributed by atoms with van der Waals surface area (Å²) in [5, 5.41) is 11.7. The first kappa shape index (κ1) is 17.7. The number of benzene rings is 1. The molecular formula is C15H17BrN4O2S. The number of amides is 1. The third kappa shape index (κ3) is 5.19. The van der Waals surface area contributed by atoms with E-state index in [-0.39, 0.29) is 11.7 Å². The molecule has 0 aliphatic heterocycles. The van der Waals surface area contributed by atoms with Crippen molar-refractivity contribution < 1.29 is 9.53 Å². The molecule has 0 aliphatic carbocycles. The number of halogens is 1. The van der Waals surface area contributed by atoms with Gasteiger partial charge in [0, 0.05) is 23.8 Å². The highest BCUT2D eigenvalue weighted by Gasteiger charge is 2.13. The highest BCUT2D eigenvalue weighted by molar-refractivity contribution is 9.10. The highest BCUT2D eigenvalue weighted by Crippen LogP contribution is 2.19. The second kappa shape index (κ2) is 8.85. The Balaban J connectivity index is 1.95. The Morgan fingerprint density at radius 2 is 2.17 bits per heavy atom. The molecule has 1 amide bonds. The zero-order valence-electron chi connectivity index (χ0n) is 12.7. The van der Waals surface area contributed by atoms with Gasteiger partial charge < -0.3 is 14.6 Å². The number of rotatable bonds is 8. The minimum Gasteiger partial charge on any atom is -0.377 e. The summed E-state index contributed by atoms with van der Waals surface area (Å²) >= 11 is 4.69. The molecule has 0 spiro atoms. The zero-order valence-corrected chi connectivity index (χ0v) is 15.1. The van der Waals surface area contributed by atoms with Crippen LogP contribution in [0.5, 0.6) is 0 Å². The summed E-state index contributed by atoms with van der Waals surface area (Å²) in [4.78, 5) is 12.0. The summed E-state index contributed by atoms with van der Waals surface area (Å²) in [6.07, 6.45) is 1.76. The topological polar surface area (TPSA) is 69.0 Å². The van der Waals surface area contributed by atoms with Crippen molar-refractivity contribution >= 4 is 39.3 Å². The summed E-state index contributed by atoms with van der Waals surface area (Å²) in [7, 11) is 1.60. The summed E-state index contributed by atoms with van der Waals surface area (Å²) in [6.45, 7) is 4.67. The standard InChI is InChI=1S/C15H17BrN4O2S/c1-3-8-20-13(9-22-2)18-19-15(20)23-10-14(21)17-12-6-4-11(16)5-7-12/h3-7H,1,8-10H2,2H3,(H,17,21). The van der Waals surface area contributed by atoms with Gasteiger partial charge in [-0.15, -0.1) is 16.8 Å². The number of carbonyl (C=O) groups is 1. The fourth-order valence-electron chi connectivity index (χ4n) is 1.83. The molecule has 0 saturated heterocycles. The molecule has 6 nitrogen and oxygen atoms in total. The van der Waals surface area contributed by atoms with Crippen LogP contribution in [0.2, 0.25) is 0 Å². The van der Waals surface area contributed by atoms with Crippen LogP contribution in [0.1, 0.15) is 5.82 Å². The van der Waals surface area contributed by atoms with Crippen molar-refractivity contribution in [1.82, 2.24) is 14.8 Å². The second-order valence-electron chi connectivity index (χ2n) is 4.57. The molecule has 23 heavy (non-hydrogen) atoms. The van der Waals surface area contributed by atoms with Gasteiger partial charge in [0.2, 0.25) is 5.91 Å². The second-order valence-corrected chi connectivity index (χ2v) is 6.43. The Morgan fingerprint density at radius 1 is 1.43 bits per heavy atom. The lowest BCUT2D eigenvalue weighted by Crippen LogP contribution is -2.14. The molecule has 122 valence electrons. The molecule has 1 N–H and O–H groups in total. The van der Waals surface area contributed by atoms with E-state index in [2.05, 4.69) is 38.0 Å². The maximum absolute atomic E-state index is 12.0. The lowest BCUT2D eigenvalue weighted by atomic mass is 10.3. The van der Waals surface area contributed by atoms with E-state index in [9.17, 15) is 4.79 Å². The monoisotopic (exact) mass is 396 g/mol. The van der Waals surface area contributed by atoms with Crippen LogP contribution < -0.4 is 5.32 Å². The number of carbonyl (C=O) groups excluding carboxylic acids is 1. The van der Waals surface area contributed by atoms with E-state index in [0.717, 1.165) is 10.2 Å². The third-order valence-electron chi connectivity index (χ3n) is 2.84. The lowest BCUT2D eigenvalue weighted by Gasteiger charge is -2.07. The van der Waals surface area contributed by atoms with Gasteiger partial charge in [0.05, 0.1) is 5.75 Å². The molecule has 0 fully saturated rings. The van der Waals surface area contributed by atoms with E-state index in [1.54, 1.807) is 13.2 Å². The van der Waals surface area contributed by atoms with Crippen LogP contribution in [0, 0.1) is 0 Å². The minimum absolute atomic E-state index is 0.0984. The van der Waals surface area contributed by atoms with E-state index in [4.69, 9.17) is 4.74 Å². The SMILES string of the molecule is C=CCn1c(COC)nnc1SCC(=O)Nc1ccc(Br)cc1. The summed E-state index contributed by atoms with van der Waals surface area (Å²) in [5.74, 6) is 0.861. The molecule has 0 atom stereocenters. The number of methoxy groups -OCH3 is 1. The summed E-state index contributed by atoms with van der Waals surface area (Å²) < 4.78 is 7.94. The molecule has 1 aromatic carbocycles. The van der Waals surface area contributed by atoms with Gasteiger partial charge in [-0.25, -0.2) is 0 Å². The number of thioether (sulfide) groups is 1. The van der Waals surface area contributed by atoms with E-state index in [1.807, 2.05) is 28.8 Å². The number of ether oxygens (including phenoxy) is 1. The molecule has 0 unspecified atom stereocenters. The summed E-state index contributed by atoms with van der Waals surface area (Å²) in [6, 6.07) is 7.42. The molecule has 2 rings (SSSR count). The van der Waals surface area contributed by atoms with Crippen molar-refractivity contribution in [3.8, 4) is 0 Å². The molecular weight excluding hydrogens is 380 g/mol. The average Bonchev–Trinajstić information content (AvgIpc) is 2.91. The first-order valence-corrected chi connectivity index (χ1v) is 8.62. The van der Waals surface area contributed by atoms with Crippen molar-refractivity contribution in [2.45, 2.75) is 18.3 Å². The number of hydrogen-bond acceptors (Lipinski definition) is 5. The van der Waals surface area contributed by atoms with E-state index in [1.165, 1.54) is 11.8 Å². The van der Waals surface area contributed by atoms with Crippen LogP contribution in [-0.4, -0.2) is 33.5 Å². The van der Waals surface area contributed by atoms with Crippen molar-refractivity contribution in [1.29, 1.82) is 0 Å². The van der Waals surface area contributed by atoms with E-state index in [0.29, 0.717) is 24.1 Å². The van der Waals surface area contributed by atoms with Crippen molar-refractivity contribution in [2.75, 3.05) is 18.2 Å². The first-order valence-electron chi connectivity index (χ1n) is 6.84. The van der Waals surface area contributed by atoms with Gasteiger partial charge in [-0.2, -0.15) is 0 Å². The number of hydrogen-bond donors (Lipinski definition) is 1. The molecule has 0 saturated carbocycles. The van der Waals surface area contributed by atoms with Crippen LogP contribution in [0.4, 0.5) is 5.69 Å². The van der Waals surface area contributed by atoms with Gasteiger partial charge in [0.1, 0.15) is 6.61 Å². The number of aromatic nitrogens is 3. The molecule has 1 heterocycles. The van der Waals surface area contributed by atoms with Crippen LogP contribution in [0.15, 0.2) is 46.5 Å². The van der Waals surface area contributed by atoms with Gasteiger partial charge in [0.25, 0.3) is 0 Å².